The van der Waals surface area contributed by atoms with Crippen molar-refractivity contribution in [2.75, 3.05) is 18.4 Å². The molecule has 11 heteroatoms. The number of aromatic nitrogens is 5. The van der Waals surface area contributed by atoms with Crippen molar-refractivity contribution in [1.29, 1.82) is 0 Å². The Morgan fingerprint density at radius 3 is 2.79 bits per heavy atom. The van der Waals surface area contributed by atoms with Crippen LogP contribution in [0.15, 0.2) is 24.5 Å². The molecule has 1 unspecified atom stereocenters. The third kappa shape index (κ3) is 4.94. The minimum Gasteiger partial charge on any atom is -0.325 e. The Bertz CT molecular complexity index is 1150. The largest absolute Gasteiger partial charge is 0.325 e. The van der Waals surface area contributed by atoms with Crippen LogP contribution in [0.25, 0.3) is 22.6 Å². The number of anilines is 1. The molecular weight excluding hydrogens is 616 g/mol. The van der Waals surface area contributed by atoms with E-state index in [1.165, 1.54) is 12.6 Å². The van der Waals surface area contributed by atoms with Crippen molar-refractivity contribution in [3.05, 3.63) is 30.3 Å². The summed E-state index contributed by atoms with van der Waals surface area (Å²) < 4.78 is 16.5. The van der Waals surface area contributed by atoms with Crippen molar-refractivity contribution >= 4 is 48.9 Å². The SMILES string of the molecule is O=C(N[C@@H]1CCCC(Nc2nc(-c3n[n]([Tl])c4ncccc34)ncc2F)C1)N1CCCCC1. The number of halogens is 1. The molecule has 33 heavy (non-hydrogen) atoms. The van der Waals surface area contributed by atoms with Crippen LogP contribution in [0.1, 0.15) is 44.9 Å². The number of nitrogens with one attached hydrogen (secondary N) is 2. The predicted octanol–water partition coefficient (Wildman–Crippen LogP) is 2.88. The molecule has 5 rings (SSSR count). The summed E-state index contributed by atoms with van der Waals surface area (Å²) in [6.45, 7) is 1.66. The summed E-state index contributed by atoms with van der Waals surface area (Å²) in [6, 6.07) is 3.91. The number of piperidine rings is 1. The van der Waals surface area contributed by atoms with E-state index in [1.807, 2.05) is 19.5 Å². The second kappa shape index (κ2) is 9.86. The number of hydrogen-bond donors (Lipinski definition) is 2. The molecule has 4 heterocycles. The summed E-state index contributed by atoms with van der Waals surface area (Å²) in [5.41, 5.74) is 1.40. The Kier molecular flexibility index (Phi) is 6.69. The first-order valence-corrected chi connectivity index (χ1v) is 13.5. The van der Waals surface area contributed by atoms with Crippen molar-refractivity contribution in [2.24, 2.45) is 0 Å². The smallest absolute Gasteiger partial charge is 0.0222 e. The number of carbonyl (C=O) groups is 1. The maximum Gasteiger partial charge on any atom is 0.0222 e. The molecule has 3 aromatic heterocycles. The third-order valence-corrected chi connectivity index (χ3v) is 7.81. The first-order valence-electron chi connectivity index (χ1n) is 11.5. The number of pyridine rings is 1. The number of fused-ring (bicyclic) bond motifs is 1. The number of hydrogen-bond acceptors (Lipinski definition) is 6. The quantitative estimate of drug-likeness (QED) is 0.425. The summed E-state index contributed by atoms with van der Waals surface area (Å²) in [5.74, 6) is 0.0605. The van der Waals surface area contributed by atoms with Gasteiger partial charge in [0, 0.05) is 13.1 Å². The van der Waals surface area contributed by atoms with E-state index in [0.29, 0.717) is 37.6 Å². The normalized spacial score (nSPS) is 21.2. The summed E-state index contributed by atoms with van der Waals surface area (Å²) in [6.07, 6.45) is 9.80. The van der Waals surface area contributed by atoms with Crippen molar-refractivity contribution in [2.45, 2.75) is 57.0 Å². The van der Waals surface area contributed by atoms with E-state index in [2.05, 4.69) is 30.7 Å². The van der Waals surface area contributed by atoms with Gasteiger partial charge in [0.15, 0.2) is 0 Å². The van der Waals surface area contributed by atoms with Crippen LogP contribution >= 0.6 is 0 Å². The van der Waals surface area contributed by atoms with Gasteiger partial charge in [0.25, 0.3) is 0 Å². The Morgan fingerprint density at radius 2 is 1.94 bits per heavy atom. The zero-order valence-corrected chi connectivity index (χ0v) is 22.9. The summed E-state index contributed by atoms with van der Waals surface area (Å²) in [7, 11) is 0. The van der Waals surface area contributed by atoms with Gasteiger partial charge in [-0.1, -0.05) is 0 Å². The average molecular weight is 642 g/mol. The zero-order valence-electron chi connectivity index (χ0n) is 18.4. The first-order chi connectivity index (χ1) is 16.1. The molecule has 2 atom stereocenters. The number of urea groups is 1. The second-order valence-electron chi connectivity index (χ2n) is 8.76. The van der Waals surface area contributed by atoms with Gasteiger partial charge in [-0.05, 0) is 19.3 Å². The van der Waals surface area contributed by atoms with E-state index in [-0.39, 0.29) is 23.9 Å². The molecule has 0 bridgehead atoms. The van der Waals surface area contributed by atoms with Crippen LogP contribution < -0.4 is 10.6 Å². The Balaban J connectivity index is 1.29. The van der Waals surface area contributed by atoms with E-state index >= 15 is 0 Å². The van der Waals surface area contributed by atoms with E-state index in [9.17, 15) is 9.18 Å². The maximum absolute atomic E-state index is 14.6. The number of likely N-dealkylation sites (tertiary alicyclic amines) is 1. The van der Waals surface area contributed by atoms with Crippen molar-refractivity contribution in [1.82, 2.24) is 32.8 Å². The van der Waals surface area contributed by atoms with Crippen LogP contribution in [-0.2, 0) is 0 Å². The van der Waals surface area contributed by atoms with Gasteiger partial charge in [0.1, 0.15) is 0 Å². The van der Waals surface area contributed by atoms with Crippen LogP contribution in [0.3, 0.4) is 0 Å². The van der Waals surface area contributed by atoms with E-state index in [4.69, 9.17) is 0 Å². The van der Waals surface area contributed by atoms with Crippen LogP contribution in [0.4, 0.5) is 15.0 Å². The van der Waals surface area contributed by atoms with Gasteiger partial charge in [-0.2, -0.15) is 0 Å². The fourth-order valence-corrected chi connectivity index (χ4v) is 5.98. The molecule has 9 nitrogen and oxygen atoms in total. The molecule has 1 aliphatic carbocycles. The number of rotatable bonds is 4. The molecule has 2 N–H and O–H groups in total. The number of carbonyl (C=O) groups excluding carboxylic acids is 1. The van der Waals surface area contributed by atoms with E-state index in [1.54, 1.807) is 6.20 Å². The molecule has 2 fully saturated rings. The van der Waals surface area contributed by atoms with Gasteiger partial charge in [-0.3, -0.25) is 0 Å². The fraction of sp³-hybridized carbons (Fsp3) is 0.500. The first kappa shape index (κ1) is 22.4. The monoisotopic (exact) mass is 642 g/mol. The molecular formula is C22H26FN8OTl. The van der Waals surface area contributed by atoms with Crippen LogP contribution in [-0.4, -0.2) is 84.7 Å². The Labute approximate surface area is 207 Å². The fourth-order valence-electron chi connectivity index (χ4n) is 4.73. The standard InChI is InChI=1S/C22H27FN8O.Tl/c23-17-13-25-21(18-16-8-5-9-24-19(16)30-29-18)28-20(17)26-14-6-4-7-15(12-14)27-22(32)31-10-2-1-3-11-31;/h5,8-9,13-15H,1-4,6-7,10-12H2,(H3,24,25,26,27,28,29,30,32);/q;+1/p-1/t14?,15-;/m1./s1. The van der Waals surface area contributed by atoms with Gasteiger partial charge in [-0.25, -0.2) is 4.79 Å². The van der Waals surface area contributed by atoms with Crippen molar-refractivity contribution in [3.8, 4) is 11.5 Å². The van der Waals surface area contributed by atoms with Crippen LogP contribution in [0.2, 0.25) is 0 Å². The Hall–Kier alpha value is -2.38. The average Bonchev–Trinajstić information content (AvgIpc) is 3.18. The van der Waals surface area contributed by atoms with Gasteiger partial charge >= 0.3 is 166 Å². The zero-order chi connectivity index (χ0) is 22.8. The second-order valence-corrected chi connectivity index (χ2v) is 10.7. The molecule has 1 aliphatic heterocycles. The van der Waals surface area contributed by atoms with Crippen molar-refractivity contribution in [3.63, 3.8) is 0 Å². The van der Waals surface area contributed by atoms with Gasteiger partial charge in [0.2, 0.25) is 0 Å². The molecule has 2 amide bonds. The number of nitrogens with zero attached hydrogens (tertiary/aromatic N) is 6. The maximum atomic E-state index is 14.6. The van der Waals surface area contributed by atoms with Gasteiger partial charge in [0.05, 0.1) is 0 Å². The van der Waals surface area contributed by atoms with Gasteiger partial charge in [-0.15, -0.1) is 0 Å². The molecule has 2 aliphatic rings. The van der Waals surface area contributed by atoms with Crippen molar-refractivity contribution < 1.29 is 9.18 Å². The van der Waals surface area contributed by atoms with E-state index in [0.717, 1.165) is 62.6 Å². The molecule has 0 radical (unpaired) electrons. The Morgan fingerprint density at radius 1 is 1.12 bits per heavy atom. The third-order valence-electron chi connectivity index (χ3n) is 6.41. The summed E-state index contributed by atoms with van der Waals surface area (Å²) >= 11 is 0.443. The molecule has 0 spiro atoms. The minimum absolute atomic E-state index is 0.0238. The molecule has 0 aromatic carbocycles. The van der Waals surface area contributed by atoms with Gasteiger partial charge < -0.3 is 4.90 Å². The van der Waals surface area contributed by atoms with Crippen LogP contribution in [0, 0.1) is 5.82 Å². The predicted molar refractivity (Wildman–Crippen MR) is 123 cm³/mol. The topological polar surface area (TPSA) is 101 Å². The minimum atomic E-state index is -0.493. The summed E-state index contributed by atoms with van der Waals surface area (Å²) in [4.78, 5) is 27.6. The number of amides is 2. The molecule has 1 saturated carbocycles. The summed E-state index contributed by atoms with van der Waals surface area (Å²) in [5, 5.41) is 11.9. The molecule has 3 aromatic rings. The molecule has 170 valence electrons. The van der Waals surface area contributed by atoms with Crippen LogP contribution in [0.5, 0.6) is 0 Å². The van der Waals surface area contributed by atoms with E-state index < -0.39 is 5.82 Å². The molecule has 1 saturated heterocycles.